The molecule has 0 spiro atoms. The minimum Gasteiger partial charge on any atom is -0.377 e. The van der Waals surface area contributed by atoms with E-state index in [9.17, 15) is 8.42 Å². The molecule has 0 bridgehead atoms. The standard InChI is InChI=1S/C15H29N5O5S/c16-1-5-23-7-9-25-10-8-24-6-2-20-14-15(17-18-20)13-19-3-11-26(21,22)12-4-19/h14H,1-13,16H2/p+1. The number of hydrogen-bond donors (Lipinski definition) is 1. The molecule has 0 unspecified atom stereocenters. The second-order valence-corrected chi connectivity index (χ2v) is 8.40. The molecular formula is C15H30N5O5S+. The first kappa shape index (κ1) is 21.2. The number of rotatable bonds is 13. The molecule has 2 rings (SSSR count). The van der Waals surface area contributed by atoms with Crippen molar-refractivity contribution in [2.45, 2.75) is 13.1 Å². The summed E-state index contributed by atoms with van der Waals surface area (Å²) in [5, 5.41) is 8.21. The Morgan fingerprint density at radius 1 is 1.00 bits per heavy atom. The summed E-state index contributed by atoms with van der Waals surface area (Å²) >= 11 is 0. The van der Waals surface area contributed by atoms with Gasteiger partial charge in [-0.15, -0.1) is 5.10 Å². The molecule has 1 fully saturated rings. The van der Waals surface area contributed by atoms with Crippen molar-refractivity contribution >= 4 is 9.84 Å². The van der Waals surface area contributed by atoms with Crippen LogP contribution in [0.1, 0.15) is 5.69 Å². The monoisotopic (exact) mass is 392 g/mol. The summed E-state index contributed by atoms with van der Waals surface area (Å²) in [5.41, 5.74) is 4.54. The quantitative estimate of drug-likeness (QED) is 0.375. The van der Waals surface area contributed by atoms with E-state index in [1.807, 2.05) is 6.20 Å². The summed E-state index contributed by atoms with van der Waals surface area (Å²) in [5.74, 6) is 0.442. The summed E-state index contributed by atoms with van der Waals surface area (Å²) in [6.45, 7) is 6.53. The largest absolute Gasteiger partial charge is 0.377 e. The van der Waals surface area contributed by atoms with E-state index < -0.39 is 9.84 Å². The minimum absolute atomic E-state index is 0.221. The lowest BCUT2D eigenvalue weighted by Crippen LogP contribution is -2.52. The SMILES string of the molecule is [NH3+]CCOCCOCCOCCn1cc(CN2CCS(=O)(=O)CC2)nn1. The Hall–Kier alpha value is -1.11. The van der Waals surface area contributed by atoms with E-state index in [0.29, 0.717) is 65.8 Å². The molecule has 150 valence electrons. The lowest BCUT2D eigenvalue weighted by atomic mass is 10.4. The maximum Gasteiger partial charge on any atom is 0.152 e. The van der Waals surface area contributed by atoms with Crippen LogP contribution in [0.25, 0.3) is 0 Å². The van der Waals surface area contributed by atoms with Gasteiger partial charge in [0.2, 0.25) is 0 Å². The van der Waals surface area contributed by atoms with Gasteiger partial charge in [0.1, 0.15) is 0 Å². The molecule has 0 aromatic carbocycles. The normalized spacial score (nSPS) is 17.6. The van der Waals surface area contributed by atoms with Crippen LogP contribution in [0.5, 0.6) is 0 Å². The molecule has 0 atom stereocenters. The summed E-state index contributed by atoms with van der Waals surface area (Å²) in [7, 11) is -2.85. The average Bonchev–Trinajstić information content (AvgIpc) is 3.06. The third kappa shape index (κ3) is 8.52. The molecule has 0 saturated carbocycles. The van der Waals surface area contributed by atoms with E-state index >= 15 is 0 Å². The van der Waals surface area contributed by atoms with Crippen molar-refractivity contribution in [1.82, 2.24) is 19.9 Å². The fraction of sp³-hybridized carbons (Fsp3) is 0.867. The highest BCUT2D eigenvalue weighted by atomic mass is 32.2. The molecule has 3 N–H and O–H groups in total. The maximum absolute atomic E-state index is 11.4. The average molecular weight is 393 g/mol. The summed E-state index contributed by atoms with van der Waals surface area (Å²) < 4.78 is 40.8. The van der Waals surface area contributed by atoms with E-state index in [0.717, 1.165) is 12.2 Å². The maximum atomic E-state index is 11.4. The summed E-state index contributed by atoms with van der Waals surface area (Å²) in [6.07, 6.45) is 1.88. The first-order valence-electron chi connectivity index (χ1n) is 8.93. The number of aromatic nitrogens is 3. The van der Waals surface area contributed by atoms with Crippen LogP contribution >= 0.6 is 0 Å². The molecule has 1 aromatic rings. The Labute approximate surface area is 154 Å². The Bertz CT molecular complexity index is 595. The lowest BCUT2D eigenvalue weighted by molar-refractivity contribution is -0.374. The zero-order valence-corrected chi connectivity index (χ0v) is 16.0. The molecule has 0 aliphatic carbocycles. The fourth-order valence-corrected chi connectivity index (χ4v) is 3.74. The molecule has 11 heteroatoms. The predicted octanol–water partition coefficient (Wildman–Crippen LogP) is -2.20. The smallest absolute Gasteiger partial charge is 0.152 e. The second-order valence-electron chi connectivity index (χ2n) is 6.09. The van der Waals surface area contributed by atoms with Crippen molar-refractivity contribution in [3.8, 4) is 0 Å². The van der Waals surface area contributed by atoms with E-state index in [-0.39, 0.29) is 11.5 Å². The molecule has 0 radical (unpaired) electrons. The molecule has 26 heavy (non-hydrogen) atoms. The molecule has 0 amide bonds. The number of hydrogen-bond acceptors (Lipinski definition) is 8. The highest BCUT2D eigenvalue weighted by molar-refractivity contribution is 7.91. The van der Waals surface area contributed by atoms with Gasteiger partial charge in [0.15, 0.2) is 9.84 Å². The van der Waals surface area contributed by atoms with Crippen LogP contribution in [0.15, 0.2) is 6.20 Å². The van der Waals surface area contributed by atoms with Gasteiger partial charge in [0.25, 0.3) is 0 Å². The van der Waals surface area contributed by atoms with E-state index in [2.05, 4.69) is 20.9 Å². The van der Waals surface area contributed by atoms with Crippen molar-refractivity contribution in [2.75, 3.05) is 70.8 Å². The number of nitrogens with zero attached hydrogens (tertiary/aromatic N) is 4. The van der Waals surface area contributed by atoms with Crippen molar-refractivity contribution < 1.29 is 28.4 Å². The van der Waals surface area contributed by atoms with Crippen LogP contribution in [0.3, 0.4) is 0 Å². The van der Waals surface area contributed by atoms with Crippen LogP contribution < -0.4 is 5.73 Å². The van der Waals surface area contributed by atoms with Crippen LogP contribution in [-0.2, 0) is 37.1 Å². The van der Waals surface area contributed by atoms with E-state index in [1.165, 1.54) is 0 Å². The molecule has 2 heterocycles. The minimum atomic E-state index is -2.85. The molecular weight excluding hydrogens is 362 g/mol. The van der Waals surface area contributed by atoms with Gasteiger partial charge in [-0.1, -0.05) is 5.21 Å². The Balaban J connectivity index is 1.51. The number of sulfone groups is 1. The van der Waals surface area contributed by atoms with Crippen LogP contribution in [-0.4, -0.2) is 99.1 Å². The van der Waals surface area contributed by atoms with Gasteiger partial charge >= 0.3 is 0 Å². The van der Waals surface area contributed by atoms with Crippen LogP contribution in [0.2, 0.25) is 0 Å². The van der Waals surface area contributed by atoms with Crippen molar-refractivity contribution in [1.29, 1.82) is 0 Å². The van der Waals surface area contributed by atoms with Crippen molar-refractivity contribution in [2.24, 2.45) is 0 Å². The van der Waals surface area contributed by atoms with Gasteiger partial charge in [-0.05, 0) is 0 Å². The number of ether oxygens (including phenoxy) is 3. The van der Waals surface area contributed by atoms with Crippen LogP contribution in [0.4, 0.5) is 0 Å². The second kappa shape index (κ2) is 11.6. The molecule has 1 aliphatic heterocycles. The molecule has 10 nitrogen and oxygen atoms in total. The Morgan fingerprint density at radius 3 is 2.27 bits per heavy atom. The van der Waals surface area contributed by atoms with Crippen molar-refractivity contribution in [3.05, 3.63) is 11.9 Å². The third-order valence-corrected chi connectivity index (χ3v) is 5.52. The summed E-state index contributed by atoms with van der Waals surface area (Å²) in [4.78, 5) is 2.09. The van der Waals surface area contributed by atoms with Gasteiger partial charge in [-0.25, -0.2) is 13.1 Å². The van der Waals surface area contributed by atoms with Crippen LogP contribution in [0, 0.1) is 0 Å². The molecule has 1 aliphatic rings. The Kier molecular flexibility index (Phi) is 9.43. The number of quaternary nitrogens is 1. The van der Waals surface area contributed by atoms with Gasteiger partial charge < -0.3 is 19.9 Å². The zero-order valence-electron chi connectivity index (χ0n) is 15.2. The Morgan fingerprint density at radius 2 is 1.62 bits per heavy atom. The third-order valence-electron chi connectivity index (χ3n) is 3.91. The van der Waals surface area contributed by atoms with Gasteiger partial charge in [-0.3, -0.25) is 4.90 Å². The highest BCUT2D eigenvalue weighted by Gasteiger charge is 2.22. The molecule has 1 aromatic heterocycles. The van der Waals surface area contributed by atoms with Gasteiger partial charge in [0.05, 0.1) is 69.9 Å². The summed E-state index contributed by atoms with van der Waals surface area (Å²) in [6, 6.07) is 0. The fourth-order valence-electron chi connectivity index (χ4n) is 2.46. The zero-order chi connectivity index (χ0) is 18.7. The lowest BCUT2D eigenvalue weighted by Gasteiger charge is -2.25. The first-order valence-corrected chi connectivity index (χ1v) is 10.8. The van der Waals surface area contributed by atoms with E-state index in [4.69, 9.17) is 14.2 Å². The first-order chi connectivity index (χ1) is 12.6. The van der Waals surface area contributed by atoms with Gasteiger partial charge in [-0.2, -0.15) is 0 Å². The highest BCUT2D eigenvalue weighted by Crippen LogP contribution is 2.07. The topological polar surface area (TPSA) is 123 Å². The predicted molar refractivity (Wildman–Crippen MR) is 94.2 cm³/mol. The van der Waals surface area contributed by atoms with Crippen molar-refractivity contribution in [3.63, 3.8) is 0 Å². The molecule has 1 saturated heterocycles. The van der Waals surface area contributed by atoms with E-state index in [1.54, 1.807) is 4.68 Å². The van der Waals surface area contributed by atoms with Gasteiger partial charge in [0, 0.05) is 25.8 Å².